The van der Waals surface area contributed by atoms with Gasteiger partial charge in [0.05, 0.1) is 21.6 Å². The number of hydrogen-bond donors (Lipinski definition) is 1. The molecule has 0 unspecified atom stereocenters. The molecule has 8 heteroatoms. The van der Waals surface area contributed by atoms with Gasteiger partial charge >= 0.3 is 5.97 Å². The summed E-state index contributed by atoms with van der Waals surface area (Å²) in [6.07, 6.45) is 1.60. The van der Waals surface area contributed by atoms with Crippen LogP contribution in [0.25, 0.3) is 32.6 Å². The number of nitrogens with zero attached hydrogens (tertiary/aromatic N) is 2. The highest BCUT2D eigenvalue weighted by atomic mass is 127. The molecule has 0 fully saturated rings. The second-order valence-electron chi connectivity index (χ2n) is 8.05. The van der Waals surface area contributed by atoms with E-state index in [0.29, 0.717) is 21.0 Å². The van der Waals surface area contributed by atoms with Crippen LogP contribution >= 0.6 is 56.5 Å². The molecular formula is C29H20I2N2O3S. The Labute approximate surface area is 245 Å². The maximum atomic E-state index is 13.1. The van der Waals surface area contributed by atoms with E-state index >= 15 is 0 Å². The number of ether oxygens (including phenoxy) is 1. The maximum absolute atomic E-state index is 13.1. The second-order valence-corrected chi connectivity index (χ2v) is 11.5. The van der Waals surface area contributed by atoms with Gasteiger partial charge in [-0.15, -0.1) is 11.3 Å². The van der Waals surface area contributed by atoms with E-state index in [-0.39, 0.29) is 12.4 Å². The minimum Gasteiger partial charge on any atom is -0.506 e. The summed E-state index contributed by atoms with van der Waals surface area (Å²) in [4.78, 5) is 23.8. The number of aromatic hydroxyl groups is 1. The summed E-state index contributed by atoms with van der Waals surface area (Å²) in [6, 6.07) is 25.7. The minimum atomic E-state index is -0.445. The molecule has 2 heterocycles. The molecule has 0 spiro atoms. The third-order valence-corrected chi connectivity index (χ3v) is 8.14. The Balaban J connectivity index is 1.80. The van der Waals surface area contributed by atoms with Gasteiger partial charge in [-0.1, -0.05) is 60.7 Å². The van der Waals surface area contributed by atoms with Gasteiger partial charge < -0.3 is 9.84 Å². The quantitative estimate of drug-likeness (QED) is 0.108. The van der Waals surface area contributed by atoms with E-state index in [1.807, 2.05) is 78.9 Å². The molecule has 37 heavy (non-hydrogen) atoms. The Morgan fingerprint density at radius 2 is 1.70 bits per heavy atom. The SMILES string of the molecule is CCOC(=O)c1sc2nc(-c3ccccc3)cc(-c3ccccc3)c2c1N=Cc1cc(I)cc(I)c1O. The number of benzene rings is 3. The van der Waals surface area contributed by atoms with Gasteiger partial charge in [0.15, 0.2) is 0 Å². The first-order valence-corrected chi connectivity index (χ1v) is 14.4. The van der Waals surface area contributed by atoms with Gasteiger partial charge in [0.25, 0.3) is 0 Å². The van der Waals surface area contributed by atoms with Crippen LogP contribution in [-0.4, -0.2) is 28.9 Å². The number of phenolic OH excluding ortho intramolecular Hbond substituents is 1. The van der Waals surface area contributed by atoms with Crippen LogP contribution in [-0.2, 0) is 4.74 Å². The van der Waals surface area contributed by atoms with E-state index in [4.69, 9.17) is 14.7 Å². The first-order valence-electron chi connectivity index (χ1n) is 11.4. The number of phenols is 1. The lowest BCUT2D eigenvalue weighted by Gasteiger charge is -2.09. The molecule has 0 aliphatic carbocycles. The van der Waals surface area contributed by atoms with Crippen LogP contribution in [0.4, 0.5) is 5.69 Å². The van der Waals surface area contributed by atoms with Crippen molar-refractivity contribution in [1.82, 2.24) is 4.98 Å². The van der Waals surface area contributed by atoms with Crippen molar-refractivity contribution in [1.29, 1.82) is 0 Å². The standard InChI is InChI=1S/C29H20I2N2O3S/c1-2-36-29(35)27-25(32-16-19-13-20(30)14-22(31)26(19)34)24-21(17-9-5-3-6-10-17)15-23(33-28(24)37-27)18-11-7-4-8-12-18/h3-16,34H,2H2,1H3. The van der Waals surface area contributed by atoms with Crippen LogP contribution in [0.2, 0.25) is 0 Å². The molecule has 0 bridgehead atoms. The van der Waals surface area contributed by atoms with Crippen molar-refractivity contribution in [2.75, 3.05) is 6.61 Å². The summed E-state index contributed by atoms with van der Waals surface area (Å²) in [5, 5.41) is 11.4. The van der Waals surface area contributed by atoms with Gasteiger partial charge in [-0.05, 0) is 81.4 Å². The topological polar surface area (TPSA) is 71.8 Å². The van der Waals surface area contributed by atoms with E-state index in [1.54, 1.807) is 13.1 Å². The normalized spacial score (nSPS) is 11.3. The number of carbonyl (C=O) groups is 1. The summed E-state index contributed by atoms with van der Waals surface area (Å²) in [7, 11) is 0. The first kappa shape index (κ1) is 25.8. The van der Waals surface area contributed by atoms with E-state index < -0.39 is 5.97 Å². The van der Waals surface area contributed by atoms with Crippen LogP contribution in [0.15, 0.2) is 83.9 Å². The van der Waals surface area contributed by atoms with Gasteiger partial charge in [-0.2, -0.15) is 0 Å². The monoisotopic (exact) mass is 730 g/mol. The molecule has 2 aromatic heterocycles. The first-order chi connectivity index (χ1) is 18.0. The molecule has 5 rings (SSSR count). The number of rotatable bonds is 6. The summed E-state index contributed by atoms with van der Waals surface area (Å²) in [5.41, 5.74) is 4.76. The molecule has 3 aromatic carbocycles. The average Bonchev–Trinajstić information content (AvgIpc) is 3.29. The molecule has 1 N–H and O–H groups in total. The number of thiophene rings is 1. The number of aromatic nitrogens is 1. The molecule has 0 amide bonds. The van der Waals surface area contributed by atoms with Gasteiger partial charge in [-0.25, -0.2) is 9.78 Å². The van der Waals surface area contributed by atoms with Crippen LogP contribution in [0.1, 0.15) is 22.2 Å². The Morgan fingerprint density at radius 3 is 2.38 bits per heavy atom. The highest BCUT2D eigenvalue weighted by Crippen LogP contribution is 2.44. The third kappa shape index (κ3) is 5.41. The Hall–Kier alpha value is -2.83. The van der Waals surface area contributed by atoms with E-state index in [2.05, 4.69) is 45.2 Å². The Morgan fingerprint density at radius 1 is 1.03 bits per heavy atom. The van der Waals surface area contributed by atoms with Crippen molar-refractivity contribution in [3.8, 4) is 28.1 Å². The van der Waals surface area contributed by atoms with Crippen LogP contribution in [0, 0.1) is 7.14 Å². The molecule has 0 aliphatic rings. The number of carbonyl (C=O) groups excluding carboxylic acids is 1. The maximum Gasteiger partial charge on any atom is 0.350 e. The zero-order valence-electron chi connectivity index (χ0n) is 19.6. The molecule has 0 saturated carbocycles. The summed E-state index contributed by atoms with van der Waals surface area (Å²) in [5.74, 6) is -0.297. The zero-order chi connectivity index (χ0) is 25.9. The van der Waals surface area contributed by atoms with Crippen molar-refractivity contribution in [3.63, 3.8) is 0 Å². The molecular weight excluding hydrogens is 710 g/mol. The molecule has 5 aromatic rings. The molecule has 184 valence electrons. The van der Waals surface area contributed by atoms with Gasteiger partial charge in [0.1, 0.15) is 15.5 Å². The third-order valence-electron chi connectivity index (χ3n) is 5.64. The van der Waals surface area contributed by atoms with E-state index in [1.165, 1.54) is 11.3 Å². The highest BCUT2D eigenvalue weighted by Gasteiger charge is 2.24. The number of hydrogen-bond acceptors (Lipinski definition) is 6. The smallest absolute Gasteiger partial charge is 0.350 e. The van der Waals surface area contributed by atoms with E-state index in [9.17, 15) is 9.90 Å². The van der Waals surface area contributed by atoms with Crippen molar-refractivity contribution in [2.24, 2.45) is 4.99 Å². The van der Waals surface area contributed by atoms with Crippen LogP contribution in [0.3, 0.4) is 0 Å². The molecule has 0 saturated heterocycles. The van der Waals surface area contributed by atoms with Crippen molar-refractivity contribution < 1.29 is 14.6 Å². The fraction of sp³-hybridized carbons (Fsp3) is 0.0690. The number of halogens is 2. The summed E-state index contributed by atoms with van der Waals surface area (Å²) < 4.78 is 7.09. The highest BCUT2D eigenvalue weighted by molar-refractivity contribution is 14.1. The number of pyridine rings is 1. The van der Waals surface area contributed by atoms with Crippen LogP contribution < -0.4 is 0 Å². The number of aliphatic imine (C=N–C) groups is 1. The molecule has 0 atom stereocenters. The summed E-state index contributed by atoms with van der Waals surface area (Å²) >= 11 is 5.57. The van der Waals surface area contributed by atoms with E-state index in [0.717, 1.165) is 34.9 Å². The Bertz CT molecular complexity index is 1630. The predicted octanol–water partition coefficient (Wildman–Crippen LogP) is 8.47. The predicted molar refractivity (Wildman–Crippen MR) is 167 cm³/mol. The zero-order valence-corrected chi connectivity index (χ0v) is 24.7. The lowest BCUT2D eigenvalue weighted by molar-refractivity contribution is 0.0533. The van der Waals surface area contributed by atoms with Gasteiger partial charge in [-0.3, -0.25) is 4.99 Å². The molecule has 0 aliphatic heterocycles. The fourth-order valence-corrected chi connectivity index (χ4v) is 6.89. The lowest BCUT2D eigenvalue weighted by Crippen LogP contribution is -2.02. The lowest BCUT2D eigenvalue weighted by atomic mass is 9.99. The fourth-order valence-electron chi connectivity index (χ4n) is 3.96. The summed E-state index contributed by atoms with van der Waals surface area (Å²) in [6.45, 7) is 2.03. The van der Waals surface area contributed by atoms with Crippen molar-refractivity contribution >= 4 is 84.6 Å². The van der Waals surface area contributed by atoms with Crippen LogP contribution in [0.5, 0.6) is 5.75 Å². The molecule has 0 radical (unpaired) electrons. The largest absolute Gasteiger partial charge is 0.506 e. The number of fused-ring (bicyclic) bond motifs is 1. The second kappa shape index (κ2) is 11.3. The van der Waals surface area contributed by atoms with Crippen molar-refractivity contribution in [3.05, 3.63) is 96.4 Å². The minimum absolute atomic E-state index is 0.148. The average molecular weight is 730 g/mol. The molecule has 5 nitrogen and oxygen atoms in total. The van der Waals surface area contributed by atoms with Gasteiger partial charge in [0.2, 0.25) is 0 Å². The number of esters is 1. The van der Waals surface area contributed by atoms with Crippen molar-refractivity contribution in [2.45, 2.75) is 6.92 Å². The van der Waals surface area contributed by atoms with Gasteiger partial charge in [0, 0.05) is 26.3 Å². The Kier molecular flexibility index (Phi) is 7.87.